The van der Waals surface area contributed by atoms with Gasteiger partial charge in [0.1, 0.15) is 0 Å². The lowest BCUT2D eigenvalue weighted by molar-refractivity contribution is -0.132. The van der Waals surface area contributed by atoms with Crippen LogP contribution in [0.2, 0.25) is 0 Å². The molecule has 2 aliphatic heterocycles. The number of H-pyrrole nitrogens is 1. The monoisotopic (exact) mass is 267 g/mol. The van der Waals surface area contributed by atoms with E-state index in [1.807, 2.05) is 18.2 Å². The normalized spacial score (nSPS) is 23.8. The Labute approximate surface area is 117 Å². The highest BCUT2D eigenvalue weighted by atomic mass is 16.2. The number of nitrogens with zero attached hydrogens (tertiary/aromatic N) is 2. The Kier molecular flexibility index (Phi) is 2.46. The minimum Gasteiger partial charge on any atom is -0.332 e. The highest BCUT2D eigenvalue weighted by Crippen LogP contribution is 2.46. The van der Waals surface area contributed by atoms with E-state index < -0.39 is 0 Å². The van der Waals surface area contributed by atoms with Crippen LogP contribution in [-0.2, 0) is 11.2 Å². The van der Waals surface area contributed by atoms with E-state index in [1.54, 1.807) is 6.92 Å². The van der Waals surface area contributed by atoms with E-state index in [0.717, 1.165) is 30.5 Å². The highest BCUT2D eigenvalue weighted by molar-refractivity contribution is 5.76. The van der Waals surface area contributed by atoms with Gasteiger partial charge in [0.15, 0.2) is 0 Å². The van der Waals surface area contributed by atoms with Crippen molar-refractivity contribution < 1.29 is 4.79 Å². The standard InChI is InChI=1S/C16H17N3O/c1-10(20)19-12-7-8-14(19)15-13(9-12)17-18-16(15)11-5-3-2-4-6-11/h2-6,12,14H,7-9H2,1H3,(H,17,18). The molecule has 2 unspecified atom stereocenters. The number of hydrogen-bond acceptors (Lipinski definition) is 2. The smallest absolute Gasteiger partial charge is 0.220 e. The summed E-state index contributed by atoms with van der Waals surface area (Å²) in [5, 5.41) is 7.71. The van der Waals surface area contributed by atoms with Crippen LogP contribution in [0.4, 0.5) is 0 Å². The lowest BCUT2D eigenvalue weighted by Crippen LogP contribution is -2.40. The third kappa shape index (κ3) is 1.54. The summed E-state index contributed by atoms with van der Waals surface area (Å²) in [7, 11) is 0. The maximum Gasteiger partial charge on any atom is 0.220 e. The van der Waals surface area contributed by atoms with Gasteiger partial charge >= 0.3 is 0 Å². The first kappa shape index (κ1) is 11.7. The number of amides is 1. The number of aromatic nitrogens is 2. The van der Waals surface area contributed by atoms with Crippen LogP contribution in [0.15, 0.2) is 30.3 Å². The third-order valence-corrected chi connectivity index (χ3v) is 4.57. The molecule has 4 rings (SSSR count). The lowest BCUT2D eigenvalue weighted by Gasteiger charge is -2.34. The van der Waals surface area contributed by atoms with E-state index in [9.17, 15) is 4.79 Å². The van der Waals surface area contributed by atoms with Crippen LogP contribution in [-0.4, -0.2) is 27.0 Å². The summed E-state index contributed by atoms with van der Waals surface area (Å²) in [5.41, 5.74) is 4.59. The molecule has 0 spiro atoms. The Morgan fingerprint density at radius 1 is 1.30 bits per heavy atom. The van der Waals surface area contributed by atoms with Gasteiger partial charge in [0.25, 0.3) is 0 Å². The number of fused-ring (bicyclic) bond motifs is 4. The fourth-order valence-electron chi connectivity index (χ4n) is 3.80. The molecule has 1 amide bonds. The van der Waals surface area contributed by atoms with Gasteiger partial charge in [0.05, 0.1) is 11.7 Å². The first-order chi connectivity index (χ1) is 9.75. The topological polar surface area (TPSA) is 49.0 Å². The number of hydrogen-bond donors (Lipinski definition) is 1. The molecule has 1 N–H and O–H groups in total. The maximum atomic E-state index is 11.9. The molecule has 0 aliphatic carbocycles. The molecule has 2 aromatic rings. The first-order valence-corrected chi connectivity index (χ1v) is 7.17. The van der Waals surface area contributed by atoms with E-state index in [1.165, 1.54) is 11.3 Å². The van der Waals surface area contributed by atoms with Crippen molar-refractivity contribution in [1.82, 2.24) is 15.1 Å². The average Bonchev–Trinajstić information content (AvgIpc) is 3.02. The molecule has 2 atom stereocenters. The largest absolute Gasteiger partial charge is 0.332 e. The van der Waals surface area contributed by atoms with E-state index in [4.69, 9.17) is 0 Å². The summed E-state index contributed by atoms with van der Waals surface area (Å²) in [4.78, 5) is 14.0. The first-order valence-electron chi connectivity index (χ1n) is 7.17. The van der Waals surface area contributed by atoms with Crippen LogP contribution in [0.1, 0.15) is 37.1 Å². The Bertz CT molecular complexity index is 662. The second-order valence-electron chi connectivity index (χ2n) is 5.71. The van der Waals surface area contributed by atoms with E-state index in [-0.39, 0.29) is 11.9 Å². The van der Waals surface area contributed by atoms with Gasteiger partial charge in [0, 0.05) is 36.2 Å². The molecular weight excluding hydrogens is 250 g/mol. The molecule has 20 heavy (non-hydrogen) atoms. The molecule has 1 aromatic carbocycles. The van der Waals surface area contributed by atoms with Gasteiger partial charge in [-0.25, -0.2) is 0 Å². The number of carbonyl (C=O) groups excluding carboxylic acids is 1. The molecule has 4 heteroatoms. The van der Waals surface area contributed by atoms with Crippen LogP contribution in [0.3, 0.4) is 0 Å². The van der Waals surface area contributed by atoms with Crippen LogP contribution in [0, 0.1) is 0 Å². The number of carbonyl (C=O) groups is 1. The van der Waals surface area contributed by atoms with Crippen molar-refractivity contribution in [3.8, 4) is 11.3 Å². The number of nitrogens with one attached hydrogen (secondary N) is 1. The molecule has 0 saturated carbocycles. The van der Waals surface area contributed by atoms with E-state index in [0.29, 0.717) is 6.04 Å². The summed E-state index contributed by atoms with van der Waals surface area (Å²) in [6.07, 6.45) is 3.06. The summed E-state index contributed by atoms with van der Waals surface area (Å²) in [6, 6.07) is 10.8. The number of benzene rings is 1. The summed E-state index contributed by atoms with van der Waals surface area (Å²) in [5.74, 6) is 0.184. The minimum absolute atomic E-state index is 0.184. The van der Waals surface area contributed by atoms with Crippen molar-refractivity contribution in [2.45, 2.75) is 38.3 Å². The zero-order chi connectivity index (χ0) is 13.7. The van der Waals surface area contributed by atoms with Crippen molar-refractivity contribution in [2.75, 3.05) is 0 Å². The van der Waals surface area contributed by atoms with Gasteiger partial charge in [-0.3, -0.25) is 9.89 Å². The van der Waals surface area contributed by atoms with Crippen molar-refractivity contribution >= 4 is 5.91 Å². The van der Waals surface area contributed by atoms with Crippen molar-refractivity contribution in [1.29, 1.82) is 0 Å². The van der Waals surface area contributed by atoms with Gasteiger partial charge in [-0.05, 0) is 12.8 Å². The number of rotatable bonds is 1. The van der Waals surface area contributed by atoms with Crippen molar-refractivity contribution in [3.63, 3.8) is 0 Å². The summed E-state index contributed by atoms with van der Waals surface area (Å²) in [6.45, 7) is 1.68. The SMILES string of the molecule is CC(=O)N1C2CCC1c1c(-c3ccccc3)n[nH]c1C2. The predicted octanol–water partition coefficient (Wildman–Crippen LogP) is 2.68. The molecule has 2 bridgehead atoms. The second kappa shape index (κ2) is 4.20. The van der Waals surface area contributed by atoms with Crippen LogP contribution >= 0.6 is 0 Å². The zero-order valence-electron chi connectivity index (χ0n) is 11.5. The fraction of sp³-hybridized carbons (Fsp3) is 0.375. The minimum atomic E-state index is 0.184. The Balaban J connectivity index is 1.85. The maximum absolute atomic E-state index is 11.9. The van der Waals surface area contributed by atoms with Gasteiger partial charge in [-0.2, -0.15) is 5.10 Å². The molecule has 3 heterocycles. The molecule has 102 valence electrons. The predicted molar refractivity (Wildman–Crippen MR) is 76.0 cm³/mol. The van der Waals surface area contributed by atoms with Gasteiger partial charge < -0.3 is 4.90 Å². The molecule has 1 fully saturated rings. The number of aromatic amines is 1. The Morgan fingerprint density at radius 2 is 2.10 bits per heavy atom. The molecule has 0 radical (unpaired) electrons. The van der Waals surface area contributed by atoms with E-state index >= 15 is 0 Å². The molecule has 1 saturated heterocycles. The van der Waals surface area contributed by atoms with Crippen LogP contribution < -0.4 is 0 Å². The summed E-state index contributed by atoms with van der Waals surface area (Å²) < 4.78 is 0. The third-order valence-electron chi connectivity index (χ3n) is 4.57. The Morgan fingerprint density at radius 3 is 2.85 bits per heavy atom. The quantitative estimate of drug-likeness (QED) is 0.863. The Hall–Kier alpha value is -2.10. The van der Waals surface area contributed by atoms with Crippen LogP contribution in [0.25, 0.3) is 11.3 Å². The lowest BCUT2D eigenvalue weighted by atomic mass is 9.94. The van der Waals surface area contributed by atoms with Crippen molar-refractivity contribution in [3.05, 3.63) is 41.6 Å². The zero-order valence-corrected chi connectivity index (χ0v) is 11.5. The fourth-order valence-corrected chi connectivity index (χ4v) is 3.80. The van der Waals surface area contributed by atoms with Gasteiger partial charge in [-0.15, -0.1) is 0 Å². The molecule has 4 nitrogen and oxygen atoms in total. The molecular formula is C16H17N3O. The highest BCUT2D eigenvalue weighted by Gasteiger charge is 2.43. The average molecular weight is 267 g/mol. The second-order valence-corrected chi connectivity index (χ2v) is 5.71. The van der Waals surface area contributed by atoms with Gasteiger partial charge in [-0.1, -0.05) is 30.3 Å². The van der Waals surface area contributed by atoms with E-state index in [2.05, 4.69) is 27.2 Å². The van der Waals surface area contributed by atoms with Gasteiger partial charge in [0.2, 0.25) is 5.91 Å². The summed E-state index contributed by atoms with van der Waals surface area (Å²) >= 11 is 0. The van der Waals surface area contributed by atoms with Crippen molar-refractivity contribution in [2.24, 2.45) is 0 Å². The molecule has 1 aromatic heterocycles. The van der Waals surface area contributed by atoms with Crippen LogP contribution in [0.5, 0.6) is 0 Å². The molecule has 2 aliphatic rings.